The summed E-state index contributed by atoms with van der Waals surface area (Å²) in [6, 6.07) is 11.2. The van der Waals surface area contributed by atoms with Crippen LogP contribution in [0.1, 0.15) is 36.5 Å². The zero-order chi connectivity index (χ0) is 23.0. The second-order valence-electron chi connectivity index (χ2n) is 7.34. The number of nitrogens with one attached hydrogen (secondary N) is 1. The topological polar surface area (TPSA) is 84.9 Å². The van der Waals surface area contributed by atoms with Crippen molar-refractivity contribution in [3.8, 4) is 11.5 Å². The van der Waals surface area contributed by atoms with Crippen molar-refractivity contribution in [2.75, 3.05) is 31.3 Å². The quantitative estimate of drug-likeness (QED) is 0.569. The molecule has 0 saturated carbocycles. The number of hydrogen-bond donors (Lipinski definition) is 1. The molecule has 0 unspecified atom stereocenters. The number of methoxy groups -OCH3 is 2. The van der Waals surface area contributed by atoms with Crippen molar-refractivity contribution >= 4 is 21.6 Å². The van der Waals surface area contributed by atoms with Crippen LogP contribution < -0.4 is 19.1 Å². The van der Waals surface area contributed by atoms with Crippen LogP contribution in [0.4, 0.5) is 5.69 Å². The van der Waals surface area contributed by atoms with Gasteiger partial charge in [0.2, 0.25) is 15.9 Å². The van der Waals surface area contributed by atoms with Gasteiger partial charge >= 0.3 is 0 Å². The van der Waals surface area contributed by atoms with Crippen molar-refractivity contribution < 1.29 is 22.7 Å². The maximum Gasteiger partial charge on any atom is 0.232 e. The molecule has 0 atom stereocenters. The van der Waals surface area contributed by atoms with Crippen LogP contribution >= 0.6 is 0 Å². The van der Waals surface area contributed by atoms with Crippen molar-refractivity contribution in [2.45, 2.75) is 39.7 Å². The summed E-state index contributed by atoms with van der Waals surface area (Å²) in [5.74, 6) is 1.09. The molecule has 170 valence electrons. The SMILES string of the molecule is CCc1cccc(C)c1N(CCCC(=O)NCc1ccc(OC)c(OC)c1)S(C)(=O)=O. The van der Waals surface area contributed by atoms with Gasteiger partial charge in [-0.3, -0.25) is 9.10 Å². The Morgan fingerprint density at radius 1 is 1.10 bits per heavy atom. The molecule has 0 radical (unpaired) electrons. The van der Waals surface area contributed by atoms with Crippen LogP contribution in [0.2, 0.25) is 0 Å². The maximum absolute atomic E-state index is 12.5. The number of anilines is 1. The summed E-state index contributed by atoms with van der Waals surface area (Å²) < 4.78 is 36.8. The molecule has 0 aliphatic heterocycles. The van der Waals surface area contributed by atoms with Crippen LogP contribution in [0, 0.1) is 6.92 Å². The summed E-state index contributed by atoms with van der Waals surface area (Å²) in [6.07, 6.45) is 2.58. The predicted molar refractivity (Wildman–Crippen MR) is 123 cm³/mol. The van der Waals surface area contributed by atoms with Crippen molar-refractivity contribution in [1.29, 1.82) is 0 Å². The van der Waals surface area contributed by atoms with Crippen LogP contribution in [-0.2, 0) is 27.8 Å². The minimum atomic E-state index is -3.46. The number of ether oxygens (including phenoxy) is 2. The molecule has 0 saturated heterocycles. The van der Waals surface area contributed by atoms with Gasteiger partial charge in [0.1, 0.15) is 0 Å². The number of carbonyl (C=O) groups is 1. The van der Waals surface area contributed by atoms with Crippen molar-refractivity contribution in [1.82, 2.24) is 5.32 Å². The summed E-state index contributed by atoms with van der Waals surface area (Å²) in [6.45, 7) is 4.51. The van der Waals surface area contributed by atoms with Gasteiger partial charge in [-0.2, -0.15) is 0 Å². The summed E-state index contributed by atoms with van der Waals surface area (Å²) in [7, 11) is -0.334. The molecule has 0 aliphatic carbocycles. The fourth-order valence-electron chi connectivity index (χ4n) is 3.47. The van der Waals surface area contributed by atoms with E-state index in [2.05, 4.69) is 5.32 Å². The number of carbonyl (C=O) groups excluding carboxylic acids is 1. The number of benzene rings is 2. The molecule has 0 aliphatic rings. The van der Waals surface area contributed by atoms with Gasteiger partial charge in [0.15, 0.2) is 11.5 Å². The average molecular weight is 449 g/mol. The van der Waals surface area contributed by atoms with E-state index in [0.29, 0.717) is 24.5 Å². The third kappa shape index (κ3) is 6.62. The second-order valence-corrected chi connectivity index (χ2v) is 9.25. The normalized spacial score (nSPS) is 11.1. The van der Waals surface area contributed by atoms with Gasteiger partial charge in [-0.1, -0.05) is 31.2 Å². The van der Waals surface area contributed by atoms with E-state index in [0.717, 1.165) is 28.8 Å². The zero-order valence-corrected chi connectivity index (χ0v) is 19.7. The molecule has 0 bridgehead atoms. The van der Waals surface area contributed by atoms with Gasteiger partial charge in [-0.05, 0) is 48.6 Å². The lowest BCUT2D eigenvalue weighted by atomic mass is 10.1. The Morgan fingerprint density at radius 3 is 2.42 bits per heavy atom. The van der Waals surface area contributed by atoms with E-state index in [1.807, 2.05) is 44.2 Å². The lowest BCUT2D eigenvalue weighted by Crippen LogP contribution is -2.33. The largest absolute Gasteiger partial charge is 0.493 e. The molecule has 2 rings (SSSR count). The average Bonchev–Trinajstić information content (AvgIpc) is 2.74. The maximum atomic E-state index is 12.5. The Kier molecular flexibility index (Phi) is 8.74. The van der Waals surface area contributed by atoms with Crippen LogP contribution in [0.15, 0.2) is 36.4 Å². The van der Waals surface area contributed by atoms with Gasteiger partial charge in [0, 0.05) is 19.5 Å². The number of sulfonamides is 1. The first-order chi connectivity index (χ1) is 14.7. The minimum absolute atomic E-state index is 0.135. The van der Waals surface area contributed by atoms with Crippen LogP contribution in [-0.4, -0.2) is 41.3 Å². The highest BCUT2D eigenvalue weighted by Crippen LogP contribution is 2.29. The third-order valence-corrected chi connectivity index (χ3v) is 6.22. The standard InChI is InChI=1S/C23H32N2O5S/c1-6-19-10-7-9-17(2)23(19)25(31(5,27)28)14-8-11-22(26)24-16-18-12-13-20(29-3)21(15-18)30-4/h7,9-10,12-13,15H,6,8,11,14,16H2,1-5H3,(H,24,26). The van der Waals surface area contributed by atoms with Gasteiger partial charge in [0.05, 0.1) is 26.2 Å². The van der Waals surface area contributed by atoms with E-state index in [9.17, 15) is 13.2 Å². The van der Waals surface area contributed by atoms with E-state index in [4.69, 9.17) is 9.47 Å². The van der Waals surface area contributed by atoms with Crippen molar-refractivity contribution in [3.63, 3.8) is 0 Å². The highest BCUT2D eigenvalue weighted by Gasteiger charge is 2.21. The Labute approximate surface area is 185 Å². The van der Waals surface area contributed by atoms with Crippen LogP contribution in [0.3, 0.4) is 0 Å². The molecule has 1 N–H and O–H groups in total. The highest BCUT2D eigenvalue weighted by atomic mass is 32.2. The first-order valence-electron chi connectivity index (χ1n) is 10.2. The summed E-state index contributed by atoms with van der Waals surface area (Å²) in [4.78, 5) is 12.3. The van der Waals surface area contributed by atoms with Gasteiger partial charge in [-0.15, -0.1) is 0 Å². The number of nitrogens with zero attached hydrogens (tertiary/aromatic N) is 1. The molecule has 2 aromatic carbocycles. The van der Waals surface area contributed by atoms with Crippen molar-refractivity contribution in [2.24, 2.45) is 0 Å². The molecule has 0 aromatic heterocycles. The summed E-state index contributed by atoms with van der Waals surface area (Å²) >= 11 is 0. The number of rotatable bonds is 11. The number of aryl methyl sites for hydroxylation is 2. The van der Waals surface area contributed by atoms with E-state index in [-0.39, 0.29) is 18.9 Å². The molecule has 8 heteroatoms. The molecule has 7 nitrogen and oxygen atoms in total. The Balaban J connectivity index is 1.98. The summed E-state index contributed by atoms with van der Waals surface area (Å²) in [5, 5.41) is 2.87. The number of hydrogen-bond acceptors (Lipinski definition) is 5. The van der Waals surface area contributed by atoms with E-state index in [1.54, 1.807) is 20.3 Å². The number of para-hydroxylation sites is 1. The fraction of sp³-hybridized carbons (Fsp3) is 0.435. The first-order valence-corrected chi connectivity index (χ1v) is 12.1. The lowest BCUT2D eigenvalue weighted by molar-refractivity contribution is -0.121. The molecule has 0 heterocycles. The van der Waals surface area contributed by atoms with Crippen LogP contribution in [0.25, 0.3) is 0 Å². The molecule has 2 aromatic rings. The van der Waals surface area contributed by atoms with E-state index in [1.165, 1.54) is 10.6 Å². The third-order valence-electron chi connectivity index (χ3n) is 5.05. The smallest absolute Gasteiger partial charge is 0.232 e. The Bertz CT molecular complexity index is 1010. The fourth-order valence-corrected chi connectivity index (χ4v) is 4.52. The zero-order valence-electron chi connectivity index (χ0n) is 18.9. The Hall–Kier alpha value is -2.74. The predicted octanol–water partition coefficient (Wildman–Crippen LogP) is 3.44. The second kappa shape index (κ2) is 11.0. The van der Waals surface area contributed by atoms with Gasteiger partial charge in [-0.25, -0.2) is 8.42 Å². The van der Waals surface area contributed by atoms with E-state index < -0.39 is 10.0 Å². The monoisotopic (exact) mass is 448 g/mol. The number of amides is 1. The van der Waals surface area contributed by atoms with Gasteiger partial charge < -0.3 is 14.8 Å². The van der Waals surface area contributed by atoms with E-state index >= 15 is 0 Å². The first kappa shape index (κ1) is 24.5. The summed E-state index contributed by atoms with van der Waals surface area (Å²) in [5.41, 5.74) is 3.49. The van der Waals surface area contributed by atoms with Gasteiger partial charge in [0.25, 0.3) is 0 Å². The highest BCUT2D eigenvalue weighted by molar-refractivity contribution is 7.92. The van der Waals surface area contributed by atoms with Crippen LogP contribution in [0.5, 0.6) is 11.5 Å². The minimum Gasteiger partial charge on any atom is -0.493 e. The molecule has 31 heavy (non-hydrogen) atoms. The lowest BCUT2D eigenvalue weighted by Gasteiger charge is -2.26. The molecule has 0 spiro atoms. The Morgan fingerprint density at radius 2 is 1.81 bits per heavy atom. The van der Waals surface area contributed by atoms with Crippen molar-refractivity contribution in [3.05, 3.63) is 53.1 Å². The molecule has 1 amide bonds. The molecule has 0 fully saturated rings. The molecular formula is C23H32N2O5S. The molecular weight excluding hydrogens is 416 g/mol.